The van der Waals surface area contributed by atoms with Crippen LogP contribution in [0.2, 0.25) is 5.02 Å². The molecule has 0 atom stereocenters. The molecule has 1 aromatic heterocycles. The second-order valence-electron chi connectivity index (χ2n) is 6.71. The molecular formula is C16H23ClN4O3. The molecule has 2 N–H and O–H groups in total. The molecule has 2 amide bonds. The maximum absolute atomic E-state index is 12.1. The molecule has 0 aliphatic carbocycles. The second kappa shape index (κ2) is 7.81. The smallest absolute Gasteiger partial charge is 0.407 e. The zero-order valence-corrected chi connectivity index (χ0v) is 14.9. The van der Waals surface area contributed by atoms with Crippen molar-refractivity contribution in [1.82, 2.24) is 20.7 Å². The number of amides is 2. The van der Waals surface area contributed by atoms with Gasteiger partial charge in [-0.3, -0.25) is 10.2 Å². The lowest BCUT2D eigenvalue weighted by molar-refractivity contribution is 0.0451. The number of nitrogens with zero attached hydrogens (tertiary/aromatic N) is 2. The fraction of sp³-hybridized carbons (Fsp3) is 0.562. The summed E-state index contributed by atoms with van der Waals surface area (Å²) in [4.78, 5) is 27.8. The van der Waals surface area contributed by atoms with Crippen molar-refractivity contribution in [3.8, 4) is 0 Å². The number of alkyl carbamates (subject to hydrolysis) is 1. The predicted molar refractivity (Wildman–Crippen MR) is 90.7 cm³/mol. The minimum absolute atomic E-state index is 0.0432. The lowest BCUT2D eigenvalue weighted by Gasteiger charge is -2.32. The zero-order chi connectivity index (χ0) is 17.7. The Morgan fingerprint density at radius 1 is 1.29 bits per heavy atom. The lowest BCUT2D eigenvalue weighted by Crippen LogP contribution is -2.51. The van der Waals surface area contributed by atoms with Gasteiger partial charge < -0.3 is 10.1 Å². The monoisotopic (exact) mass is 354 g/mol. The number of nitrogens with one attached hydrogen (secondary N) is 2. The normalized spacial score (nSPS) is 16.5. The molecule has 0 spiro atoms. The molecule has 24 heavy (non-hydrogen) atoms. The maximum atomic E-state index is 12.1. The van der Waals surface area contributed by atoms with E-state index in [2.05, 4.69) is 15.7 Å². The van der Waals surface area contributed by atoms with Gasteiger partial charge in [0.05, 0.1) is 5.02 Å². The molecule has 7 nitrogen and oxygen atoms in total. The molecule has 2 heterocycles. The summed E-state index contributed by atoms with van der Waals surface area (Å²) in [6.07, 6.45) is 2.49. The average Bonchev–Trinajstić information content (AvgIpc) is 2.48. The number of ether oxygens (including phenoxy) is 1. The van der Waals surface area contributed by atoms with Gasteiger partial charge in [0.2, 0.25) is 0 Å². The highest BCUT2D eigenvalue weighted by Crippen LogP contribution is 2.12. The molecule has 0 bridgehead atoms. The first kappa shape index (κ1) is 18.5. The third-order valence-corrected chi connectivity index (χ3v) is 3.66. The first-order chi connectivity index (χ1) is 11.2. The second-order valence-corrected chi connectivity index (χ2v) is 7.15. The van der Waals surface area contributed by atoms with Crippen molar-refractivity contribution in [2.45, 2.75) is 45.3 Å². The highest BCUT2D eigenvalue weighted by molar-refractivity contribution is 6.30. The van der Waals surface area contributed by atoms with Gasteiger partial charge in [0.25, 0.3) is 5.91 Å². The number of carbonyl (C=O) groups is 2. The summed E-state index contributed by atoms with van der Waals surface area (Å²) in [6, 6.07) is 3.25. The third kappa shape index (κ3) is 5.98. The molecule has 1 aliphatic rings. The molecule has 2 rings (SSSR count). The molecule has 0 aromatic carbocycles. The molecule has 0 radical (unpaired) electrons. The summed E-state index contributed by atoms with van der Waals surface area (Å²) in [6.45, 7) is 6.76. The molecule has 1 aromatic rings. The van der Waals surface area contributed by atoms with Crippen molar-refractivity contribution in [3.63, 3.8) is 0 Å². The van der Waals surface area contributed by atoms with Crippen LogP contribution in [0.5, 0.6) is 0 Å². The molecule has 8 heteroatoms. The molecule has 1 fully saturated rings. The number of pyridine rings is 1. The Bertz CT molecular complexity index is 578. The van der Waals surface area contributed by atoms with E-state index in [0.717, 1.165) is 12.8 Å². The van der Waals surface area contributed by atoms with Crippen LogP contribution in [0.15, 0.2) is 18.3 Å². The van der Waals surface area contributed by atoms with Crippen LogP contribution in [0, 0.1) is 0 Å². The summed E-state index contributed by atoms with van der Waals surface area (Å²) in [5.41, 5.74) is 2.62. The Kier molecular flexibility index (Phi) is 6.01. The van der Waals surface area contributed by atoms with Gasteiger partial charge in [-0.25, -0.2) is 14.8 Å². The minimum Gasteiger partial charge on any atom is -0.444 e. The van der Waals surface area contributed by atoms with E-state index in [0.29, 0.717) is 23.8 Å². The molecule has 1 aliphatic heterocycles. The Morgan fingerprint density at radius 3 is 2.50 bits per heavy atom. The summed E-state index contributed by atoms with van der Waals surface area (Å²) in [5, 5.41) is 5.17. The quantitative estimate of drug-likeness (QED) is 0.870. The van der Waals surface area contributed by atoms with E-state index in [9.17, 15) is 9.59 Å². The van der Waals surface area contributed by atoms with Crippen molar-refractivity contribution < 1.29 is 14.3 Å². The van der Waals surface area contributed by atoms with Crippen molar-refractivity contribution >= 4 is 23.6 Å². The van der Waals surface area contributed by atoms with Crippen LogP contribution in [0.25, 0.3) is 0 Å². The van der Waals surface area contributed by atoms with Crippen LogP contribution in [0.3, 0.4) is 0 Å². The van der Waals surface area contributed by atoms with Crippen LogP contribution in [-0.4, -0.2) is 46.7 Å². The Morgan fingerprint density at radius 2 is 1.96 bits per heavy atom. The molecule has 132 valence electrons. The maximum Gasteiger partial charge on any atom is 0.407 e. The number of rotatable bonds is 3. The number of halogens is 1. The third-order valence-electron chi connectivity index (χ3n) is 3.44. The standard InChI is InChI=1S/C16H23ClN4O3/c1-16(2,3)24-15(23)19-12-6-8-21(9-7-12)20-14(22)13-5-4-11(17)10-18-13/h4-5,10,12H,6-9H2,1-3H3,(H,19,23)(H,20,22). The van der Waals surface area contributed by atoms with E-state index in [1.807, 2.05) is 25.8 Å². The Hall–Kier alpha value is -1.86. The highest BCUT2D eigenvalue weighted by Gasteiger charge is 2.24. The molecular weight excluding hydrogens is 332 g/mol. The van der Waals surface area contributed by atoms with Crippen LogP contribution in [-0.2, 0) is 4.74 Å². The van der Waals surface area contributed by atoms with Gasteiger partial charge >= 0.3 is 6.09 Å². The number of piperidine rings is 1. The van der Waals surface area contributed by atoms with E-state index in [1.165, 1.54) is 6.20 Å². The van der Waals surface area contributed by atoms with Crippen molar-refractivity contribution in [1.29, 1.82) is 0 Å². The van der Waals surface area contributed by atoms with Crippen LogP contribution < -0.4 is 10.7 Å². The van der Waals surface area contributed by atoms with Gasteiger partial charge in [-0.15, -0.1) is 0 Å². The average molecular weight is 355 g/mol. The van der Waals surface area contributed by atoms with Gasteiger partial charge in [-0.1, -0.05) is 11.6 Å². The van der Waals surface area contributed by atoms with Gasteiger partial charge in [-0.2, -0.15) is 0 Å². The topological polar surface area (TPSA) is 83.6 Å². The van der Waals surface area contributed by atoms with E-state index in [4.69, 9.17) is 16.3 Å². The van der Waals surface area contributed by atoms with Crippen LogP contribution in [0.4, 0.5) is 4.79 Å². The van der Waals surface area contributed by atoms with Gasteiger partial charge in [0.15, 0.2) is 0 Å². The van der Waals surface area contributed by atoms with Gasteiger partial charge in [-0.05, 0) is 45.7 Å². The largest absolute Gasteiger partial charge is 0.444 e. The number of aromatic nitrogens is 1. The lowest BCUT2D eigenvalue weighted by atomic mass is 10.1. The number of hydrogen-bond acceptors (Lipinski definition) is 5. The number of hydrazine groups is 1. The van der Waals surface area contributed by atoms with E-state index in [-0.39, 0.29) is 11.9 Å². The van der Waals surface area contributed by atoms with E-state index < -0.39 is 11.7 Å². The highest BCUT2D eigenvalue weighted by atomic mass is 35.5. The fourth-order valence-corrected chi connectivity index (χ4v) is 2.43. The summed E-state index contributed by atoms with van der Waals surface area (Å²) < 4.78 is 5.25. The fourth-order valence-electron chi connectivity index (χ4n) is 2.32. The summed E-state index contributed by atoms with van der Waals surface area (Å²) in [7, 11) is 0. The number of carbonyl (C=O) groups excluding carboxylic acids is 2. The van der Waals surface area contributed by atoms with Crippen molar-refractivity contribution in [2.75, 3.05) is 13.1 Å². The molecule has 0 unspecified atom stereocenters. The van der Waals surface area contributed by atoms with Crippen molar-refractivity contribution in [3.05, 3.63) is 29.0 Å². The summed E-state index contributed by atoms with van der Waals surface area (Å²) in [5.74, 6) is -0.273. The Balaban J connectivity index is 1.75. The SMILES string of the molecule is CC(C)(C)OC(=O)NC1CCN(NC(=O)c2ccc(Cl)cn2)CC1. The Labute approximate surface area is 146 Å². The van der Waals surface area contributed by atoms with Gasteiger partial charge in [0, 0.05) is 25.3 Å². The zero-order valence-electron chi connectivity index (χ0n) is 14.1. The number of hydrogen-bond donors (Lipinski definition) is 2. The predicted octanol–water partition coefficient (Wildman–Crippen LogP) is 2.37. The molecule has 0 saturated carbocycles. The van der Waals surface area contributed by atoms with Gasteiger partial charge in [0.1, 0.15) is 11.3 Å². The summed E-state index contributed by atoms with van der Waals surface area (Å²) >= 11 is 5.76. The van der Waals surface area contributed by atoms with E-state index >= 15 is 0 Å². The van der Waals surface area contributed by atoms with Crippen molar-refractivity contribution in [2.24, 2.45) is 0 Å². The minimum atomic E-state index is -0.510. The first-order valence-corrected chi connectivity index (χ1v) is 8.28. The van der Waals surface area contributed by atoms with Crippen LogP contribution >= 0.6 is 11.6 Å². The van der Waals surface area contributed by atoms with E-state index in [1.54, 1.807) is 12.1 Å². The van der Waals surface area contributed by atoms with Crippen LogP contribution in [0.1, 0.15) is 44.1 Å². The molecule has 1 saturated heterocycles. The first-order valence-electron chi connectivity index (χ1n) is 7.90.